The molecule has 458 valence electrons. The van der Waals surface area contributed by atoms with Gasteiger partial charge in [0.2, 0.25) is 18.3 Å². The molecule has 3 saturated heterocycles. The van der Waals surface area contributed by atoms with Crippen LogP contribution >= 0.6 is 0 Å². The number of ether oxygens (including phenoxy) is 12. The van der Waals surface area contributed by atoms with Crippen molar-refractivity contribution in [2.45, 2.75) is 98.5 Å². The van der Waals surface area contributed by atoms with Crippen molar-refractivity contribution in [1.82, 2.24) is 0 Å². The Kier molecular flexibility index (Phi) is 19.8. The highest BCUT2D eigenvalue weighted by atomic mass is 16.8. The minimum Gasteiger partial charge on any atom is -0.571 e. The number of hydrogen-bond donors (Lipinski definition) is 14. The van der Waals surface area contributed by atoms with Gasteiger partial charge in [-0.15, -0.1) is 0 Å². The number of phenolic OH excluding ortho intramolecular Hbond substituents is 6. The van der Waals surface area contributed by atoms with E-state index in [-0.39, 0.29) is 51.0 Å². The Morgan fingerprint density at radius 1 is 0.612 bits per heavy atom. The fraction of sp³-hybridized carbons (Fsp3) is 0.382. The molecule has 0 radical (unpaired) electrons. The van der Waals surface area contributed by atoms with Gasteiger partial charge >= 0.3 is 23.9 Å². The maximum atomic E-state index is 13.5. The summed E-state index contributed by atoms with van der Waals surface area (Å²) in [6.07, 6.45) is -24.3. The lowest BCUT2D eigenvalue weighted by Gasteiger charge is -2.45. The number of carboxylic acid groups (broad SMARTS) is 1. The van der Waals surface area contributed by atoms with Crippen LogP contribution in [-0.4, -0.2) is 220 Å². The summed E-state index contributed by atoms with van der Waals surface area (Å²) in [5.74, 6) is -8.96. The summed E-state index contributed by atoms with van der Waals surface area (Å²) in [6.45, 7) is -2.35. The van der Waals surface area contributed by atoms with Gasteiger partial charge in [0.15, 0.2) is 58.8 Å². The summed E-state index contributed by atoms with van der Waals surface area (Å²) in [4.78, 5) is 49.6. The van der Waals surface area contributed by atoms with E-state index in [1.54, 1.807) is 0 Å². The first-order valence-corrected chi connectivity index (χ1v) is 25.5. The second-order valence-electron chi connectivity index (χ2n) is 19.3. The van der Waals surface area contributed by atoms with Crippen LogP contribution < -0.4 is 14.2 Å². The van der Waals surface area contributed by atoms with Crippen LogP contribution in [0.5, 0.6) is 57.5 Å². The molecule has 0 bridgehead atoms. The molecule has 0 saturated carbocycles. The highest BCUT2D eigenvalue weighted by Gasteiger charge is 2.53. The minimum absolute atomic E-state index is 0.0237. The number of methoxy groups -OCH3 is 2. The number of aromatic hydroxyl groups is 7. The quantitative estimate of drug-likeness (QED) is 0.0130. The number of carbonyl (C=O) groups excluding carboxylic acids is 3. The Bertz CT molecular complexity index is 3150. The average Bonchev–Trinajstić information content (AvgIpc) is 2.27. The summed E-state index contributed by atoms with van der Waals surface area (Å²) in [7, 11) is 2.55. The second kappa shape index (κ2) is 26.9. The molecule has 0 amide bonds. The van der Waals surface area contributed by atoms with Crippen LogP contribution in [0.25, 0.3) is 18.2 Å². The second-order valence-corrected chi connectivity index (χ2v) is 19.3. The standard InChI is InChI=1S/C55H58O30/c1-74-34-12-23(13-35(75-2)44(34)68)5-10-41(65)84-51-43(67)31(61)19-78-54(51)85-52-48(72)46(70)38(20-76-40(64)9-4-22-3-7-27(57)29(59)11-22)83-55(52)81-36-17-26-32(79-50(36)24-6-8-28(58)30(60)14-24)15-25(56)16-33(26)80-53-49(73)47(71)45(69)37(82-53)21-77-42(66)18-39(62)63/h3-17,31,37-38,43,45-61,67-73H,18-21H2,1-2H3,(H,62,63)/p+1/b9-4+,10-5+/t31-,37-,38-,43+,45-,46-,47+,48+,49-,50?,51-,52-,53-,54+,55-/m1/s1. The van der Waals surface area contributed by atoms with Crippen LogP contribution in [0.15, 0.2) is 78.6 Å². The maximum absolute atomic E-state index is 13.5. The number of carboxylic acids is 1. The van der Waals surface area contributed by atoms with Crippen molar-refractivity contribution in [3.63, 3.8) is 0 Å². The molecule has 15 N–H and O–H groups in total. The Morgan fingerprint density at radius 2 is 1.24 bits per heavy atom. The van der Waals surface area contributed by atoms with Gasteiger partial charge in [0.1, 0.15) is 91.6 Å². The Labute approximate surface area is 479 Å². The molecule has 15 atom stereocenters. The summed E-state index contributed by atoms with van der Waals surface area (Å²) >= 11 is 0. The van der Waals surface area contributed by atoms with Gasteiger partial charge in [-0.05, 0) is 65.7 Å². The molecule has 4 aliphatic heterocycles. The van der Waals surface area contributed by atoms with Gasteiger partial charge in [-0.25, -0.2) is 9.59 Å². The third kappa shape index (κ3) is 14.6. The normalized spacial score (nSPS) is 28.3. The largest absolute Gasteiger partial charge is 0.571 e. The first-order valence-electron chi connectivity index (χ1n) is 25.5. The van der Waals surface area contributed by atoms with E-state index in [1.165, 1.54) is 56.7 Å². The van der Waals surface area contributed by atoms with E-state index in [0.717, 1.165) is 48.6 Å². The van der Waals surface area contributed by atoms with Gasteiger partial charge < -0.3 is 128 Å². The van der Waals surface area contributed by atoms with Crippen LogP contribution in [0.3, 0.4) is 0 Å². The van der Waals surface area contributed by atoms with Crippen molar-refractivity contribution in [2.75, 3.05) is 34.0 Å². The third-order valence-corrected chi connectivity index (χ3v) is 13.4. The number of fused-ring (bicyclic) bond motifs is 1. The SMILES string of the molecule is COc1cc(/C=C/C(=O)O[C@H]2[C@H](O[C@H]3[C@H](OC4=Cc5c(O[C@@H]6O[C@H](COC(=O)CC(=O)O)[C@@H](O)[C@H](O)[C@H]6O)cc(O)cc5[OH+]C4c4ccc(O)c(O)c4)O[C@H](COC(=O)/C=C/c4ccc(O)c(O)c4)[C@@H](O)[C@@H]3O)OC[C@@H](O)[C@@H]2O)cc(OC)c1O. The zero-order chi connectivity index (χ0) is 61.6. The van der Waals surface area contributed by atoms with Crippen LogP contribution in [0.2, 0.25) is 0 Å². The molecule has 30 heteroatoms. The van der Waals surface area contributed by atoms with E-state index in [2.05, 4.69) is 0 Å². The third-order valence-electron chi connectivity index (χ3n) is 13.4. The monoisotopic (exact) mass is 1200 g/mol. The van der Waals surface area contributed by atoms with Gasteiger partial charge in [0.25, 0.3) is 11.9 Å². The molecule has 30 nitrogen and oxygen atoms in total. The molecule has 4 aromatic rings. The van der Waals surface area contributed by atoms with Crippen LogP contribution in [0, 0.1) is 0 Å². The summed E-state index contributed by atoms with van der Waals surface area (Å²) in [6, 6.07) is 11.9. The van der Waals surface area contributed by atoms with E-state index < -0.39 is 177 Å². The van der Waals surface area contributed by atoms with Crippen molar-refractivity contribution in [1.29, 1.82) is 0 Å². The smallest absolute Gasteiger partial charge is 0.331 e. The predicted molar refractivity (Wildman–Crippen MR) is 279 cm³/mol. The van der Waals surface area contributed by atoms with E-state index >= 15 is 0 Å². The lowest BCUT2D eigenvalue weighted by atomic mass is 9.97. The molecule has 4 aliphatic rings. The summed E-state index contributed by atoms with van der Waals surface area (Å²) in [5.41, 5.74) is 0.427. The number of aliphatic carboxylic acids is 1. The number of aliphatic hydroxyl groups is 8. The lowest BCUT2D eigenvalue weighted by molar-refractivity contribution is -0.353. The van der Waals surface area contributed by atoms with Crippen LogP contribution in [0.1, 0.15) is 34.8 Å². The zero-order valence-corrected chi connectivity index (χ0v) is 44.5. The molecule has 0 aromatic heterocycles. The number of esters is 3. The molecular weight excluding hydrogens is 1140 g/mol. The Morgan fingerprint density at radius 3 is 1.89 bits per heavy atom. The van der Waals surface area contributed by atoms with Gasteiger partial charge in [0, 0.05) is 24.3 Å². The molecule has 0 aliphatic carbocycles. The van der Waals surface area contributed by atoms with Gasteiger partial charge in [-0.1, -0.05) is 6.07 Å². The van der Waals surface area contributed by atoms with Crippen molar-refractivity contribution in [2.24, 2.45) is 0 Å². The average molecular weight is 1200 g/mol. The highest BCUT2D eigenvalue weighted by Crippen LogP contribution is 2.48. The predicted octanol–water partition coefficient (Wildman–Crippen LogP) is -0.713. The maximum Gasteiger partial charge on any atom is 0.331 e. The highest BCUT2D eigenvalue weighted by molar-refractivity contribution is 5.90. The van der Waals surface area contributed by atoms with Crippen molar-refractivity contribution in [3.8, 4) is 57.5 Å². The minimum atomic E-state index is -2.18. The van der Waals surface area contributed by atoms with Gasteiger partial charge in [0.05, 0.1) is 32.5 Å². The number of hydrogen-bond acceptors (Lipinski definition) is 28. The van der Waals surface area contributed by atoms with Crippen molar-refractivity contribution < 1.29 is 148 Å². The van der Waals surface area contributed by atoms with E-state index in [9.17, 15) is 85.6 Å². The molecule has 8 rings (SSSR count). The van der Waals surface area contributed by atoms with E-state index in [1.807, 2.05) is 0 Å². The lowest BCUT2D eigenvalue weighted by Crippen LogP contribution is -2.63. The number of benzene rings is 4. The first kappa shape index (κ1) is 62.4. The molecule has 85 heavy (non-hydrogen) atoms. The van der Waals surface area contributed by atoms with E-state index in [0.29, 0.717) is 0 Å². The zero-order valence-electron chi connectivity index (χ0n) is 44.5. The van der Waals surface area contributed by atoms with Gasteiger partial charge in [-0.3, -0.25) is 9.59 Å². The fourth-order valence-electron chi connectivity index (χ4n) is 8.99. The van der Waals surface area contributed by atoms with E-state index in [4.69, 9.17) is 61.9 Å². The molecule has 4 aromatic carbocycles. The molecule has 3 fully saturated rings. The number of phenols is 6. The molecule has 0 spiro atoms. The summed E-state index contributed by atoms with van der Waals surface area (Å²) < 4.78 is 67.1. The van der Waals surface area contributed by atoms with Crippen molar-refractivity contribution in [3.05, 3.63) is 101 Å². The van der Waals surface area contributed by atoms with Crippen molar-refractivity contribution >= 4 is 42.1 Å². The van der Waals surface area contributed by atoms with Crippen LogP contribution in [0.4, 0.5) is 0 Å². The molecule has 1 unspecified atom stereocenters. The topological polar surface area (TPSA) is 466 Å². The van der Waals surface area contributed by atoms with Gasteiger partial charge in [-0.2, -0.15) is 0 Å². The molecular formula is C55H59O30+. The Hall–Kier alpha value is -8.66. The number of rotatable bonds is 20. The van der Waals surface area contributed by atoms with Crippen LogP contribution in [-0.2, 0) is 57.1 Å². The number of carbonyl (C=O) groups is 4. The molecule has 4 heterocycles. The first-order chi connectivity index (χ1) is 40.4. The fourth-order valence-corrected chi connectivity index (χ4v) is 8.99. The Balaban J connectivity index is 1.14. The number of aliphatic hydroxyl groups excluding tert-OH is 7. The summed E-state index contributed by atoms with van der Waals surface area (Å²) in [5, 5.41) is 149.